The average molecular weight is 401 g/mol. The summed E-state index contributed by atoms with van der Waals surface area (Å²) in [6.07, 6.45) is 0. The fraction of sp³-hybridized carbons (Fsp3) is 0.0833. The summed E-state index contributed by atoms with van der Waals surface area (Å²) < 4.78 is 16.5. The van der Waals surface area contributed by atoms with Crippen molar-refractivity contribution >= 4 is 28.5 Å². The van der Waals surface area contributed by atoms with Gasteiger partial charge in [0, 0.05) is 10.9 Å². The number of esters is 1. The van der Waals surface area contributed by atoms with Crippen LogP contribution in [0.5, 0.6) is 5.75 Å². The molecule has 1 aromatic heterocycles. The molecule has 0 aliphatic rings. The lowest BCUT2D eigenvalue weighted by Gasteiger charge is -2.10. The zero-order chi connectivity index (χ0) is 20.9. The number of carbonyl (C=O) groups is 2. The standard InChI is InChI=1S/C24H19NO5/c1-28-24(27)18-12-5-7-13-20(18)25-23(26)22-19(15-29-16-9-3-2-4-10-16)17-11-6-8-14-21(17)30-22/h2-14H,15H2,1H3,(H,25,26). The zero-order valence-electron chi connectivity index (χ0n) is 16.3. The van der Waals surface area contributed by atoms with Gasteiger partial charge in [0.15, 0.2) is 5.76 Å². The predicted octanol–water partition coefficient (Wildman–Crippen LogP) is 5.05. The molecule has 0 radical (unpaired) electrons. The number of carbonyl (C=O) groups excluding carboxylic acids is 2. The van der Waals surface area contributed by atoms with Gasteiger partial charge in [-0.1, -0.05) is 48.5 Å². The molecule has 0 saturated carbocycles. The summed E-state index contributed by atoms with van der Waals surface area (Å²) in [5, 5.41) is 3.54. The zero-order valence-corrected chi connectivity index (χ0v) is 16.3. The molecule has 0 unspecified atom stereocenters. The first-order valence-corrected chi connectivity index (χ1v) is 9.34. The molecule has 0 aliphatic carbocycles. The Morgan fingerprint density at radius 1 is 0.900 bits per heavy atom. The number of para-hydroxylation sites is 3. The number of furan rings is 1. The maximum atomic E-state index is 13.1. The number of anilines is 1. The Labute approximate surface area is 173 Å². The van der Waals surface area contributed by atoms with Crippen LogP contribution in [0.4, 0.5) is 5.69 Å². The number of rotatable bonds is 6. The fourth-order valence-corrected chi connectivity index (χ4v) is 3.16. The normalized spacial score (nSPS) is 10.6. The topological polar surface area (TPSA) is 77.8 Å². The molecule has 4 aromatic rings. The molecule has 1 heterocycles. The number of methoxy groups -OCH3 is 1. The summed E-state index contributed by atoms with van der Waals surface area (Å²) in [4.78, 5) is 25.1. The predicted molar refractivity (Wildman–Crippen MR) is 113 cm³/mol. The molecule has 1 amide bonds. The quantitative estimate of drug-likeness (QED) is 0.458. The van der Waals surface area contributed by atoms with E-state index < -0.39 is 11.9 Å². The molecule has 0 spiro atoms. The van der Waals surface area contributed by atoms with E-state index in [2.05, 4.69) is 5.32 Å². The lowest BCUT2D eigenvalue weighted by molar-refractivity contribution is 0.0602. The van der Waals surface area contributed by atoms with Gasteiger partial charge >= 0.3 is 5.97 Å². The highest BCUT2D eigenvalue weighted by atomic mass is 16.5. The molecule has 0 atom stereocenters. The third-order valence-electron chi connectivity index (χ3n) is 4.61. The van der Waals surface area contributed by atoms with Crippen LogP contribution in [0.3, 0.4) is 0 Å². The minimum atomic E-state index is -0.539. The molecule has 30 heavy (non-hydrogen) atoms. The van der Waals surface area contributed by atoms with Gasteiger partial charge in [0.05, 0.1) is 18.4 Å². The summed E-state index contributed by atoms with van der Waals surface area (Å²) in [6.45, 7) is 0.155. The van der Waals surface area contributed by atoms with E-state index in [4.69, 9.17) is 13.9 Å². The van der Waals surface area contributed by atoms with Crippen molar-refractivity contribution in [2.24, 2.45) is 0 Å². The number of fused-ring (bicyclic) bond motifs is 1. The van der Waals surface area contributed by atoms with Crippen molar-refractivity contribution in [1.29, 1.82) is 0 Å². The molecule has 0 saturated heterocycles. The smallest absolute Gasteiger partial charge is 0.339 e. The van der Waals surface area contributed by atoms with Gasteiger partial charge in [-0.05, 0) is 30.3 Å². The van der Waals surface area contributed by atoms with Crippen molar-refractivity contribution in [3.05, 3.63) is 95.7 Å². The Kier molecular flexibility index (Phi) is 5.48. The van der Waals surface area contributed by atoms with Gasteiger partial charge in [-0.15, -0.1) is 0 Å². The lowest BCUT2D eigenvalue weighted by Crippen LogP contribution is -2.16. The molecule has 0 bridgehead atoms. The van der Waals surface area contributed by atoms with Crippen LogP contribution >= 0.6 is 0 Å². The summed E-state index contributed by atoms with van der Waals surface area (Å²) in [5.74, 6) is -0.200. The van der Waals surface area contributed by atoms with E-state index in [-0.39, 0.29) is 17.9 Å². The van der Waals surface area contributed by atoms with Crippen LogP contribution in [0.2, 0.25) is 0 Å². The van der Waals surface area contributed by atoms with Gasteiger partial charge in [0.2, 0.25) is 0 Å². The Bertz CT molecular complexity index is 1200. The SMILES string of the molecule is COC(=O)c1ccccc1NC(=O)c1oc2ccccc2c1COc1ccccc1. The van der Waals surface area contributed by atoms with E-state index in [0.717, 1.165) is 5.39 Å². The molecular formula is C24H19NO5. The number of hydrogen-bond donors (Lipinski definition) is 1. The van der Waals surface area contributed by atoms with Gasteiger partial charge in [-0.3, -0.25) is 4.79 Å². The third kappa shape index (κ3) is 3.89. The molecule has 0 aliphatic heterocycles. The van der Waals surface area contributed by atoms with E-state index in [9.17, 15) is 9.59 Å². The minimum Gasteiger partial charge on any atom is -0.489 e. The summed E-state index contributed by atoms with van der Waals surface area (Å²) in [6, 6.07) is 23.3. The molecular weight excluding hydrogens is 382 g/mol. The number of ether oxygens (including phenoxy) is 2. The average Bonchev–Trinajstić information content (AvgIpc) is 3.17. The summed E-state index contributed by atoms with van der Waals surface area (Å²) in [5.41, 5.74) is 1.80. The van der Waals surface area contributed by atoms with E-state index in [0.29, 0.717) is 22.6 Å². The van der Waals surface area contributed by atoms with E-state index in [1.807, 2.05) is 48.5 Å². The van der Waals surface area contributed by atoms with Gasteiger partial charge in [-0.25, -0.2) is 4.79 Å². The van der Waals surface area contributed by atoms with Crippen LogP contribution in [0, 0.1) is 0 Å². The summed E-state index contributed by atoms with van der Waals surface area (Å²) >= 11 is 0. The fourth-order valence-electron chi connectivity index (χ4n) is 3.16. The van der Waals surface area contributed by atoms with Crippen molar-refractivity contribution in [1.82, 2.24) is 0 Å². The van der Waals surface area contributed by atoms with Gasteiger partial charge in [0.1, 0.15) is 17.9 Å². The molecule has 1 N–H and O–H groups in total. The van der Waals surface area contributed by atoms with Crippen LogP contribution in [-0.2, 0) is 11.3 Å². The number of hydrogen-bond acceptors (Lipinski definition) is 5. The molecule has 0 fully saturated rings. The Hall–Kier alpha value is -4.06. The Morgan fingerprint density at radius 2 is 1.60 bits per heavy atom. The maximum absolute atomic E-state index is 13.1. The van der Waals surface area contributed by atoms with Crippen molar-refractivity contribution in [3.63, 3.8) is 0 Å². The highest BCUT2D eigenvalue weighted by molar-refractivity contribution is 6.09. The second kappa shape index (κ2) is 8.53. The largest absolute Gasteiger partial charge is 0.489 e. The van der Waals surface area contributed by atoms with E-state index >= 15 is 0 Å². The van der Waals surface area contributed by atoms with Crippen molar-refractivity contribution in [2.45, 2.75) is 6.61 Å². The van der Waals surface area contributed by atoms with E-state index in [1.165, 1.54) is 7.11 Å². The molecule has 6 heteroatoms. The van der Waals surface area contributed by atoms with Crippen LogP contribution in [-0.4, -0.2) is 19.0 Å². The van der Waals surface area contributed by atoms with Crippen LogP contribution < -0.4 is 10.1 Å². The number of benzene rings is 3. The van der Waals surface area contributed by atoms with Gasteiger partial charge < -0.3 is 19.2 Å². The van der Waals surface area contributed by atoms with Crippen LogP contribution in [0.25, 0.3) is 11.0 Å². The van der Waals surface area contributed by atoms with Gasteiger partial charge in [-0.2, -0.15) is 0 Å². The first kappa shape index (κ1) is 19.3. The Balaban J connectivity index is 1.67. The molecule has 6 nitrogen and oxygen atoms in total. The molecule has 3 aromatic carbocycles. The van der Waals surface area contributed by atoms with Crippen LogP contribution in [0.15, 0.2) is 83.3 Å². The lowest BCUT2D eigenvalue weighted by atomic mass is 10.1. The molecule has 150 valence electrons. The summed E-state index contributed by atoms with van der Waals surface area (Å²) in [7, 11) is 1.29. The minimum absolute atomic E-state index is 0.131. The number of amides is 1. The number of nitrogens with one attached hydrogen (secondary N) is 1. The first-order valence-electron chi connectivity index (χ1n) is 9.34. The monoisotopic (exact) mass is 401 g/mol. The third-order valence-corrected chi connectivity index (χ3v) is 4.61. The highest BCUT2D eigenvalue weighted by Gasteiger charge is 2.23. The van der Waals surface area contributed by atoms with Crippen LogP contribution in [0.1, 0.15) is 26.5 Å². The molecule has 4 rings (SSSR count). The van der Waals surface area contributed by atoms with Gasteiger partial charge in [0.25, 0.3) is 5.91 Å². The van der Waals surface area contributed by atoms with Crippen molar-refractivity contribution < 1.29 is 23.5 Å². The Morgan fingerprint density at radius 3 is 2.40 bits per heavy atom. The first-order chi connectivity index (χ1) is 14.7. The maximum Gasteiger partial charge on any atom is 0.339 e. The van der Waals surface area contributed by atoms with E-state index in [1.54, 1.807) is 30.3 Å². The highest BCUT2D eigenvalue weighted by Crippen LogP contribution is 2.28. The second-order valence-corrected chi connectivity index (χ2v) is 6.50. The second-order valence-electron chi connectivity index (χ2n) is 6.50. The van der Waals surface area contributed by atoms with Crippen molar-refractivity contribution in [3.8, 4) is 5.75 Å². The van der Waals surface area contributed by atoms with Crippen molar-refractivity contribution in [2.75, 3.05) is 12.4 Å².